The summed E-state index contributed by atoms with van der Waals surface area (Å²) >= 11 is 0. The molecule has 1 amide bonds. The number of amides is 1. The zero-order chi connectivity index (χ0) is 23.6. The van der Waals surface area contributed by atoms with Gasteiger partial charge in [-0.25, -0.2) is 21.2 Å². The second kappa shape index (κ2) is 9.46. The number of sulfone groups is 1. The number of rotatable bonds is 8. The summed E-state index contributed by atoms with van der Waals surface area (Å²) < 4.78 is 64.2. The van der Waals surface area contributed by atoms with Crippen LogP contribution in [0.25, 0.3) is 0 Å². The molecule has 0 aromatic heterocycles. The largest absolute Gasteiger partial charge is 0.335 e. The molecule has 0 N–H and O–H groups in total. The molecule has 2 rings (SSSR count). The summed E-state index contributed by atoms with van der Waals surface area (Å²) in [6.07, 6.45) is 1.11. The van der Waals surface area contributed by atoms with Gasteiger partial charge in [-0.2, -0.15) is 4.31 Å². The maximum atomic E-state index is 14.3. The Hall–Kier alpha value is -2.30. The molecule has 2 aromatic carbocycles. The summed E-state index contributed by atoms with van der Waals surface area (Å²) in [7, 11) is -5.87. The zero-order valence-electron chi connectivity index (χ0n) is 18.2. The smallest absolute Gasteiger partial charge is 0.254 e. The van der Waals surface area contributed by atoms with Crippen LogP contribution >= 0.6 is 0 Å². The predicted molar refractivity (Wildman–Crippen MR) is 117 cm³/mol. The van der Waals surface area contributed by atoms with Gasteiger partial charge in [0.05, 0.1) is 10.9 Å². The van der Waals surface area contributed by atoms with E-state index in [0.717, 1.165) is 22.7 Å². The fourth-order valence-electron chi connectivity index (χ4n) is 3.13. The van der Waals surface area contributed by atoms with E-state index in [9.17, 15) is 26.0 Å². The van der Waals surface area contributed by atoms with Crippen molar-refractivity contribution in [3.63, 3.8) is 0 Å². The highest BCUT2D eigenvalue weighted by Gasteiger charge is 2.28. The van der Waals surface area contributed by atoms with E-state index in [1.54, 1.807) is 40.0 Å². The summed E-state index contributed by atoms with van der Waals surface area (Å²) in [4.78, 5) is 14.0. The molecule has 7 nitrogen and oxygen atoms in total. The van der Waals surface area contributed by atoms with Crippen LogP contribution in [0.1, 0.15) is 42.7 Å². The maximum absolute atomic E-state index is 14.3. The van der Waals surface area contributed by atoms with Crippen molar-refractivity contribution in [2.75, 3.05) is 26.4 Å². The average molecular weight is 471 g/mol. The van der Waals surface area contributed by atoms with Gasteiger partial charge >= 0.3 is 0 Å². The SMILES string of the molecule is CCN(CC)S(=O)(=O)c1cc(C(=O)N(C)C(C)c2ccc(S(C)(=O)=O)cc2)ccc1F. The van der Waals surface area contributed by atoms with Crippen LogP contribution < -0.4 is 0 Å². The number of benzene rings is 2. The standard InChI is InChI=1S/C21H27FN2O5S2/c1-6-24(7-2)31(28,29)20-14-17(10-13-19(20)22)21(25)23(4)15(3)16-8-11-18(12-9-16)30(5,26)27/h8-15H,6-7H2,1-5H3. The molecule has 1 atom stereocenters. The average Bonchev–Trinajstić information content (AvgIpc) is 2.72. The first-order valence-electron chi connectivity index (χ1n) is 9.71. The van der Waals surface area contributed by atoms with Gasteiger partial charge in [0.15, 0.2) is 9.84 Å². The Kier molecular flexibility index (Phi) is 7.61. The molecule has 0 saturated heterocycles. The fourth-order valence-corrected chi connectivity index (χ4v) is 5.31. The van der Waals surface area contributed by atoms with Crippen LogP contribution in [-0.4, -0.2) is 58.3 Å². The van der Waals surface area contributed by atoms with E-state index in [0.29, 0.717) is 5.56 Å². The van der Waals surface area contributed by atoms with Crippen molar-refractivity contribution in [2.24, 2.45) is 0 Å². The predicted octanol–water partition coefficient (Wildman–Crippen LogP) is 3.09. The van der Waals surface area contributed by atoms with Crippen molar-refractivity contribution in [1.82, 2.24) is 9.21 Å². The van der Waals surface area contributed by atoms with Crippen molar-refractivity contribution in [2.45, 2.75) is 36.6 Å². The summed E-state index contributed by atoms with van der Waals surface area (Å²) in [6.45, 7) is 5.41. The molecule has 0 saturated carbocycles. The molecule has 0 aliphatic heterocycles. The Morgan fingerprint density at radius 3 is 2.03 bits per heavy atom. The summed E-state index contributed by atoms with van der Waals surface area (Å²) in [6, 6.07) is 9.00. The van der Waals surface area contributed by atoms with Crippen LogP contribution in [0.15, 0.2) is 52.3 Å². The minimum atomic E-state index is -4.07. The van der Waals surface area contributed by atoms with Gasteiger partial charge in [-0.1, -0.05) is 26.0 Å². The van der Waals surface area contributed by atoms with Gasteiger partial charge < -0.3 is 4.90 Å². The highest BCUT2D eigenvalue weighted by molar-refractivity contribution is 7.90. The van der Waals surface area contributed by atoms with Gasteiger partial charge in [-0.05, 0) is 42.8 Å². The molecule has 0 aliphatic rings. The fraction of sp³-hybridized carbons (Fsp3) is 0.381. The molecule has 10 heteroatoms. The topological polar surface area (TPSA) is 91.8 Å². The number of halogens is 1. The lowest BCUT2D eigenvalue weighted by Crippen LogP contribution is -2.32. The molecular formula is C21H27FN2O5S2. The number of sulfonamides is 1. The number of carbonyl (C=O) groups excluding carboxylic acids is 1. The molecule has 31 heavy (non-hydrogen) atoms. The van der Waals surface area contributed by atoms with Crippen LogP contribution in [0.2, 0.25) is 0 Å². The Bertz CT molecular complexity index is 1160. The molecule has 1 unspecified atom stereocenters. The lowest BCUT2D eigenvalue weighted by molar-refractivity contribution is 0.0742. The number of carbonyl (C=O) groups is 1. The first-order valence-corrected chi connectivity index (χ1v) is 13.0. The van der Waals surface area contributed by atoms with E-state index >= 15 is 0 Å². The van der Waals surface area contributed by atoms with Gasteiger partial charge in [-0.15, -0.1) is 0 Å². The van der Waals surface area contributed by atoms with Crippen molar-refractivity contribution in [3.05, 3.63) is 59.4 Å². The van der Waals surface area contributed by atoms with Gasteiger partial charge in [0.2, 0.25) is 10.0 Å². The summed E-state index contributed by atoms with van der Waals surface area (Å²) in [5.74, 6) is -1.41. The minimum absolute atomic E-state index is 0.0363. The van der Waals surface area contributed by atoms with E-state index < -0.39 is 42.5 Å². The Morgan fingerprint density at radius 2 is 1.55 bits per heavy atom. The monoisotopic (exact) mass is 470 g/mol. The second-order valence-corrected chi connectivity index (χ2v) is 11.1. The molecule has 2 aromatic rings. The highest BCUT2D eigenvalue weighted by atomic mass is 32.2. The number of hydrogen-bond donors (Lipinski definition) is 0. The number of nitrogens with zero attached hydrogens (tertiary/aromatic N) is 2. The summed E-state index contributed by atoms with van der Waals surface area (Å²) in [5.41, 5.74) is 0.732. The van der Waals surface area contributed by atoms with E-state index in [1.807, 2.05) is 0 Å². The lowest BCUT2D eigenvalue weighted by Gasteiger charge is -2.26. The number of hydrogen-bond acceptors (Lipinski definition) is 5. The van der Waals surface area contributed by atoms with Crippen molar-refractivity contribution >= 4 is 25.8 Å². The normalized spacial score (nSPS) is 13.3. The zero-order valence-corrected chi connectivity index (χ0v) is 19.8. The molecule has 0 radical (unpaired) electrons. The quantitative estimate of drug-likeness (QED) is 0.591. The first kappa shape index (κ1) is 25.0. The molecular weight excluding hydrogens is 443 g/mol. The Morgan fingerprint density at radius 1 is 1.00 bits per heavy atom. The van der Waals surface area contributed by atoms with Gasteiger partial charge in [-0.3, -0.25) is 4.79 Å². The molecule has 170 valence electrons. The van der Waals surface area contributed by atoms with Gasteiger partial charge in [0.25, 0.3) is 5.91 Å². The van der Waals surface area contributed by atoms with Crippen molar-refractivity contribution in [3.8, 4) is 0 Å². The molecule has 0 fully saturated rings. The van der Waals surface area contributed by atoms with Crippen molar-refractivity contribution < 1.29 is 26.0 Å². The van der Waals surface area contributed by atoms with E-state index in [-0.39, 0.29) is 23.5 Å². The van der Waals surface area contributed by atoms with Crippen LogP contribution in [-0.2, 0) is 19.9 Å². The van der Waals surface area contributed by atoms with Crippen LogP contribution in [0.5, 0.6) is 0 Å². The first-order chi connectivity index (χ1) is 14.3. The van der Waals surface area contributed by atoms with Gasteiger partial charge in [0, 0.05) is 32.0 Å². The van der Waals surface area contributed by atoms with Crippen LogP contribution in [0.4, 0.5) is 4.39 Å². The van der Waals surface area contributed by atoms with E-state index in [1.165, 1.54) is 23.1 Å². The Labute approximate surface area is 183 Å². The Balaban J connectivity index is 2.36. The maximum Gasteiger partial charge on any atom is 0.254 e. The minimum Gasteiger partial charge on any atom is -0.335 e. The second-order valence-electron chi connectivity index (χ2n) is 7.17. The molecule has 0 spiro atoms. The molecule has 0 heterocycles. The van der Waals surface area contributed by atoms with E-state index in [4.69, 9.17) is 0 Å². The lowest BCUT2D eigenvalue weighted by atomic mass is 10.1. The van der Waals surface area contributed by atoms with Gasteiger partial charge in [0.1, 0.15) is 10.7 Å². The highest BCUT2D eigenvalue weighted by Crippen LogP contribution is 2.25. The summed E-state index contributed by atoms with van der Waals surface area (Å²) in [5, 5.41) is 0. The molecule has 0 aliphatic carbocycles. The molecule has 0 bridgehead atoms. The van der Waals surface area contributed by atoms with Crippen LogP contribution in [0, 0.1) is 5.82 Å². The van der Waals surface area contributed by atoms with E-state index in [2.05, 4.69) is 0 Å². The van der Waals surface area contributed by atoms with Crippen LogP contribution in [0.3, 0.4) is 0 Å². The van der Waals surface area contributed by atoms with Crippen molar-refractivity contribution in [1.29, 1.82) is 0 Å². The third-order valence-corrected chi connectivity index (χ3v) is 8.39. The third-order valence-electron chi connectivity index (χ3n) is 5.19. The third kappa shape index (κ3) is 5.31.